The van der Waals surface area contributed by atoms with Crippen LogP contribution in [0.15, 0.2) is 0 Å². The Kier molecular flexibility index (Phi) is 4.24. The number of hydrogen-bond acceptors (Lipinski definition) is 0. The van der Waals surface area contributed by atoms with Gasteiger partial charge in [0, 0.05) is 8.07 Å². The van der Waals surface area contributed by atoms with Crippen LogP contribution in [0.4, 0.5) is 0 Å². The molecule has 0 aromatic heterocycles. The summed E-state index contributed by atoms with van der Waals surface area (Å²) in [6, 6.07) is 0. The lowest BCUT2D eigenvalue weighted by molar-refractivity contribution is 0.256. The Balaban J connectivity index is 2.39. The minimum absolute atomic E-state index is 0.831. The van der Waals surface area contributed by atoms with Crippen molar-refractivity contribution in [1.82, 2.24) is 0 Å². The Labute approximate surface area is 91.5 Å². The van der Waals surface area contributed by atoms with Crippen LogP contribution in [0.2, 0.25) is 25.2 Å². The van der Waals surface area contributed by atoms with Crippen molar-refractivity contribution in [3.8, 4) is 0 Å². The molecule has 0 radical (unpaired) electrons. The van der Waals surface area contributed by atoms with Crippen LogP contribution in [0, 0.1) is 11.8 Å². The highest BCUT2D eigenvalue weighted by molar-refractivity contribution is 6.77. The molecule has 1 aliphatic carbocycles. The summed E-state index contributed by atoms with van der Waals surface area (Å²) in [5.41, 5.74) is 1.11. The molecule has 14 heavy (non-hydrogen) atoms. The molecule has 0 aromatic carbocycles. The van der Waals surface area contributed by atoms with E-state index in [2.05, 4.69) is 33.5 Å². The summed E-state index contributed by atoms with van der Waals surface area (Å²) in [5, 5.41) is 0. The molecule has 0 nitrogen and oxygen atoms in total. The Hall–Kier alpha value is 0.217. The van der Waals surface area contributed by atoms with E-state index in [1.54, 1.807) is 0 Å². The van der Waals surface area contributed by atoms with Crippen molar-refractivity contribution in [2.45, 2.75) is 71.1 Å². The normalized spacial score (nSPS) is 31.5. The summed E-state index contributed by atoms with van der Waals surface area (Å²) in [6.45, 7) is 12.4. The van der Waals surface area contributed by atoms with Crippen LogP contribution in [0.5, 0.6) is 0 Å². The highest BCUT2D eigenvalue weighted by atomic mass is 28.3. The van der Waals surface area contributed by atoms with Crippen molar-refractivity contribution in [3.05, 3.63) is 0 Å². The first-order valence-electron chi connectivity index (χ1n) is 6.45. The molecule has 1 fully saturated rings. The van der Waals surface area contributed by atoms with Crippen LogP contribution in [-0.4, -0.2) is 8.07 Å². The van der Waals surface area contributed by atoms with Crippen LogP contribution >= 0.6 is 0 Å². The van der Waals surface area contributed by atoms with Gasteiger partial charge >= 0.3 is 0 Å². The van der Waals surface area contributed by atoms with E-state index in [9.17, 15) is 0 Å². The summed E-state index contributed by atoms with van der Waals surface area (Å²) in [5.74, 6) is 2.02. The molecular weight excluding hydrogens is 184 g/mol. The highest BCUT2D eigenvalue weighted by Gasteiger charge is 2.32. The molecule has 0 N–H and O–H groups in total. The minimum Gasteiger partial charge on any atom is -0.0693 e. The topological polar surface area (TPSA) is 0 Å². The van der Waals surface area contributed by atoms with E-state index in [1.165, 1.54) is 32.1 Å². The molecule has 0 amide bonds. The summed E-state index contributed by atoms with van der Waals surface area (Å²) in [4.78, 5) is 0. The van der Waals surface area contributed by atoms with E-state index < -0.39 is 8.07 Å². The predicted octanol–water partition coefficient (Wildman–Crippen LogP) is 4.93. The lowest BCUT2D eigenvalue weighted by atomic mass is 9.79. The van der Waals surface area contributed by atoms with Gasteiger partial charge in [-0.3, -0.25) is 0 Å². The fraction of sp³-hybridized carbons (Fsp3) is 1.00. The van der Waals surface area contributed by atoms with Crippen molar-refractivity contribution in [2.24, 2.45) is 11.8 Å². The third-order valence-electron chi connectivity index (χ3n) is 4.45. The quantitative estimate of drug-likeness (QED) is 0.582. The van der Waals surface area contributed by atoms with Crippen LogP contribution in [0.25, 0.3) is 0 Å². The van der Waals surface area contributed by atoms with E-state index in [1.807, 2.05) is 0 Å². The van der Waals surface area contributed by atoms with Gasteiger partial charge in [0.1, 0.15) is 0 Å². The molecule has 1 aliphatic rings. The predicted molar refractivity (Wildman–Crippen MR) is 68.5 cm³/mol. The zero-order valence-electron chi connectivity index (χ0n) is 10.8. The average molecular weight is 212 g/mol. The van der Waals surface area contributed by atoms with Gasteiger partial charge < -0.3 is 0 Å². The Morgan fingerprint density at radius 1 is 1.07 bits per heavy atom. The minimum atomic E-state index is -0.831. The van der Waals surface area contributed by atoms with Gasteiger partial charge in [-0.05, 0) is 17.4 Å². The fourth-order valence-electron chi connectivity index (χ4n) is 2.89. The zero-order valence-corrected chi connectivity index (χ0v) is 11.8. The van der Waals surface area contributed by atoms with Gasteiger partial charge in [-0.25, -0.2) is 0 Å². The van der Waals surface area contributed by atoms with Crippen molar-refractivity contribution in [1.29, 1.82) is 0 Å². The molecular formula is C13H28Si. The van der Waals surface area contributed by atoms with E-state index >= 15 is 0 Å². The molecule has 0 spiro atoms. The van der Waals surface area contributed by atoms with E-state index in [-0.39, 0.29) is 0 Å². The first-order valence-corrected chi connectivity index (χ1v) is 10.0. The lowest BCUT2D eigenvalue weighted by Crippen LogP contribution is -2.32. The van der Waals surface area contributed by atoms with E-state index in [0.717, 1.165) is 17.4 Å². The van der Waals surface area contributed by atoms with E-state index in [4.69, 9.17) is 0 Å². The molecule has 1 saturated carbocycles. The summed E-state index contributed by atoms with van der Waals surface area (Å²) >= 11 is 0. The van der Waals surface area contributed by atoms with Gasteiger partial charge in [0.05, 0.1) is 0 Å². The van der Waals surface area contributed by atoms with Crippen LogP contribution in [0.3, 0.4) is 0 Å². The molecule has 1 unspecified atom stereocenters. The SMILES string of the molecule is CCC(C)C1CCC([Si](C)(C)C)CC1. The molecule has 0 heterocycles. The lowest BCUT2D eigenvalue weighted by Gasteiger charge is -2.37. The monoisotopic (exact) mass is 212 g/mol. The number of rotatable bonds is 3. The van der Waals surface area contributed by atoms with Gasteiger partial charge in [0.25, 0.3) is 0 Å². The van der Waals surface area contributed by atoms with Gasteiger partial charge in [-0.15, -0.1) is 0 Å². The molecule has 0 aromatic rings. The van der Waals surface area contributed by atoms with Gasteiger partial charge in [-0.1, -0.05) is 65.6 Å². The summed E-state index contributed by atoms with van der Waals surface area (Å²) < 4.78 is 0. The maximum atomic E-state index is 2.54. The fourth-order valence-corrected chi connectivity index (χ4v) is 4.95. The van der Waals surface area contributed by atoms with Crippen molar-refractivity contribution in [3.63, 3.8) is 0 Å². The van der Waals surface area contributed by atoms with Crippen LogP contribution in [-0.2, 0) is 0 Å². The first-order chi connectivity index (χ1) is 6.45. The van der Waals surface area contributed by atoms with Crippen molar-refractivity contribution in [2.75, 3.05) is 0 Å². The Morgan fingerprint density at radius 2 is 1.57 bits per heavy atom. The van der Waals surface area contributed by atoms with Crippen molar-refractivity contribution < 1.29 is 0 Å². The maximum Gasteiger partial charge on any atom is 0.0473 e. The molecule has 84 valence electrons. The Bertz CT molecular complexity index is 161. The summed E-state index contributed by atoms with van der Waals surface area (Å²) in [7, 11) is -0.831. The van der Waals surface area contributed by atoms with E-state index in [0.29, 0.717) is 0 Å². The second-order valence-corrected chi connectivity index (χ2v) is 11.9. The highest BCUT2D eigenvalue weighted by Crippen LogP contribution is 2.42. The molecule has 0 bridgehead atoms. The average Bonchev–Trinajstić information content (AvgIpc) is 2.15. The smallest absolute Gasteiger partial charge is 0.0473 e. The van der Waals surface area contributed by atoms with Crippen LogP contribution in [0.1, 0.15) is 46.0 Å². The number of hydrogen-bond donors (Lipinski definition) is 0. The maximum absolute atomic E-state index is 2.54. The summed E-state index contributed by atoms with van der Waals surface area (Å²) in [6.07, 6.45) is 7.48. The second kappa shape index (κ2) is 4.83. The molecule has 1 heteroatoms. The molecule has 0 aliphatic heterocycles. The Morgan fingerprint density at radius 3 is 1.93 bits per heavy atom. The van der Waals surface area contributed by atoms with Crippen molar-refractivity contribution >= 4 is 8.07 Å². The van der Waals surface area contributed by atoms with Gasteiger partial charge in [0.2, 0.25) is 0 Å². The third-order valence-corrected chi connectivity index (χ3v) is 7.47. The van der Waals surface area contributed by atoms with Crippen LogP contribution < -0.4 is 0 Å². The molecule has 0 saturated heterocycles. The first kappa shape index (κ1) is 12.3. The second-order valence-electron chi connectivity index (χ2n) is 6.36. The van der Waals surface area contributed by atoms with Gasteiger partial charge in [-0.2, -0.15) is 0 Å². The third kappa shape index (κ3) is 3.11. The largest absolute Gasteiger partial charge is 0.0693 e. The zero-order chi connectivity index (χ0) is 10.8. The standard InChI is InChI=1S/C13H28Si/c1-6-11(2)12-7-9-13(10-8-12)14(3,4)5/h11-13H,6-10H2,1-5H3. The molecule has 1 rings (SSSR count). The van der Waals surface area contributed by atoms with Gasteiger partial charge in [0.15, 0.2) is 0 Å². The molecule has 1 atom stereocenters.